The Labute approximate surface area is 112 Å². The Kier molecular flexibility index (Phi) is 4.66. The maximum Gasteiger partial charge on any atom is 0.222 e. The van der Waals surface area contributed by atoms with Crippen molar-refractivity contribution >= 4 is 5.91 Å². The van der Waals surface area contributed by atoms with Crippen LogP contribution in [0.15, 0.2) is 0 Å². The van der Waals surface area contributed by atoms with E-state index >= 15 is 0 Å². The molecular weight excluding hydrogens is 224 g/mol. The highest BCUT2D eigenvalue weighted by Crippen LogP contribution is 2.41. The van der Waals surface area contributed by atoms with Crippen LogP contribution in [0.25, 0.3) is 0 Å². The summed E-state index contributed by atoms with van der Waals surface area (Å²) in [6, 6.07) is 0. The van der Waals surface area contributed by atoms with Crippen LogP contribution in [0, 0.1) is 5.41 Å². The van der Waals surface area contributed by atoms with Crippen LogP contribution in [-0.2, 0) is 4.79 Å². The van der Waals surface area contributed by atoms with Crippen molar-refractivity contribution < 1.29 is 4.79 Å². The summed E-state index contributed by atoms with van der Waals surface area (Å²) in [7, 11) is 0. The maximum absolute atomic E-state index is 11.7. The van der Waals surface area contributed by atoms with Crippen LogP contribution < -0.4 is 0 Å². The first-order valence-electron chi connectivity index (χ1n) is 7.69. The van der Waals surface area contributed by atoms with Gasteiger partial charge < -0.3 is 9.80 Å². The lowest BCUT2D eigenvalue weighted by atomic mass is 9.71. The minimum absolute atomic E-state index is 0.341. The molecule has 0 saturated carbocycles. The maximum atomic E-state index is 11.7. The molecule has 0 aromatic heterocycles. The summed E-state index contributed by atoms with van der Waals surface area (Å²) in [5.41, 5.74) is 0.564. The van der Waals surface area contributed by atoms with Crippen LogP contribution in [0.1, 0.15) is 52.4 Å². The molecule has 3 heteroatoms. The molecule has 1 amide bonds. The number of hydrogen-bond acceptors (Lipinski definition) is 2. The van der Waals surface area contributed by atoms with Gasteiger partial charge in [0.25, 0.3) is 0 Å². The molecule has 0 unspecified atom stereocenters. The largest absolute Gasteiger partial charge is 0.343 e. The van der Waals surface area contributed by atoms with E-state index in [4.69, 9.17) is 0 Å². The zero-order valence-corrected chi connectivity index (χ0v) is 12.1. The summed E-state index contributed by atoms with van der Waals surface area (Å²) in [6.07, 6.45) is 7.10. The van der Waals surface area contributed by atoms with Crippen LogP contribution in [0.3, 0.4) is 0 Å². The molecule has 3 nitrogen and oxygen atoms in total. The van der Waals surface area contributed by atoms with Gasteiger partial charge in [-0.3, -0.25) is 4.79 Å². The molecule has 2 saturated heterocycles. The number of likely N-dealkylation sites (tertiary alicyclic amines) is 2. The molecule has 0 aromatic rings. The fourth-order valence-corrected chi connectivity index (χ4v) is 3.52. The van der Waals surface area contributed by atoms with Crippen molar-refractivity contribution in [3.05, 3.63) is 0 Å². The summed E-state index contributed by atoms with van der Waals surface area (Å²) in [5.74, 6) is 0.341. The average Bonchev–Trinajstić information content (AvgIpc) is 2.42. The van der Waals surface area contributed by atoms with Gasteiger partial charge in [0, 0.05) is 19.5 Å². The Balaban J connectivity index is 1.81. The first-order valence-corrected chi connectivity index (χ1v) is 7.69. The first-order chi connectivity index (χ1) is 8.69. The van der Waals surface area contributed by atoms with E-state index < -0.39 is 0 Å². The highest BCUT2D eigenvalue weighted by molar-refractivity contribution is 5.75. The Morgan fingerprint density at radius 2 is 1.56 bits per heavy atom. The summed E-state index contributed by atoms with van der Waals surface area (Å²) in [6.45, 7) is 10.0. The number of nitrogens with zero attached hydrogens (tertiary/aromatic N) is 2. The van der Waals surface area contributed by atoms with Gasteiger partial charge in [0.2, 0.25) is 5.91 Å². The Morgan fingerprint density at radius 3 is 2.06 bits per heavy atom. The zero-order chi connectivity index (χ0) is 13.0. The second-order valence-electron chi connectivity index (χ2n) is 6.08. The van der Waals surface area contributed by atoms with Gasteiger partial charge in [-0.25, -0.2) is 0 Å². The molecule has 2 aliphatic rings. The second-order valence-corrected chi connectivity index (χ2v) is 6.08. The predicted molar refractivity (Wildman–Crippen MR) is 74.5 cm³/mol. The van der Waals surface area contributed by atoms with E-state index in [0.29, 0.717) is 17.7 Å². The van der Waals surface area contributed by atoms with E-state index in [2.05, 4.69) is 16.7 Å². The third-order valence-corrected chi connectivity index (χ3v) is 4.94. The smallest absolute Gasteiger partial charge is 0.222 e. The van der Waals surface area contributed by atoms with E-state index in [-0.39, 0.29) is 0 Å². The van der Waals surface area contributed by atoms with Crippen molar-refractivity contribution in [2.24, 2.45) is 5.41 Å². The molecule has 0 N–H and O–H groups in total. The predicted octanol–water partition coefficient (Wildman–Crippen LogP) is 2.51. The lowest BCUT2D eigenvalue weighted by Crippen LogP contribution is -2.48. The topological polar surface area (TPSA) is 23.6 Å². The summed E-state index contributed by atoms with van der Waals surface area (Å²) >= 11 is 0. The molecule has 0 radical (unpaired) electrons. The van der Waals surface area contributed by atoms with Crippen molar-refractivity contribution in [3.8, 4) is 0 Å². The minimum atomic E-state index is 0.341. The third-order valence-electron chi connectivity index (χ3n) is 4.94. The second kappa shape index (κ2) is 6.05. The monoisotopic (exact) mass is 252 g/mol. The summed E-state index contributed by atoms with van der Waals surface area (Å²) < 4.78 is 0. The van der Waals surface area contributed by atoms with Crippen molar-refractivity contribution in [2.45, 2.75) is 52.4 Å². The van der Waals surface area contributed by atoms with Crippen LogP contribution in [0.5, 0.6) is 0 Å². The van der Waals surface area contributed by atoms with Gasteiger partial charge in [0.05, 0.1) is 0 Å². The quantitative estimate of drug-likeness (QED) is 0.770. The summed E-state index contributed by atoms with van der Waals surface area (Å²) in [4.78, 5) is 16.4. The summed E-state index contributed by atoms with van der Waals surface area (Å²) in [5, 5.41) is 0. The van der Waals surface area contributed by atoms with Crippen LogP contribution in [-0.4, -0.2) is 48.4 Å². The normalized spacial score (nSPS) is 24.4. The number of hydrogen-bond donors (Lipinski definition) is 0. The van der Waals surface area contributed by atoms with Crippen molar-refractivity contribution in [3.63, 3.8) is 0 Å². The molecule has 0 aliphatic carbocycles. The standard InChI is InChI=1S/C15H28N2O/c1-3-9-16-10-5-15(6-11-16)7-12-17(13-8-15)14(18)4-2/h3-13H2,1-2H3. The van der Waals surface area contributed by atoms with Gasteiger partial charge in [-0.05, 0) is 57.2 Å². The van der Waals surface area contributed by atoms with Crippen LogP contribution in [0.2, 0.25) is 0 Å². The zero-order valence-electron chi connectivity index (χ0n) is 12.1. The van der Waals surface area contributed by atoms with Crippen LogP contribution in [0.4, 0.5) is 0 Å². The molecular formula is C15H28N2O. The number of piperidine rings is 2. The van der Waals surface area contributed by atoms with Gasteiger partial charge in [-0.15, -0.1) is 0 Å². The Hall–Kier alpha value is -0.570. The van der Waals surface area contributed by atoms with Gasteiger partial charge in [0.1, 0.15) is 0 Å². The number of carbonyl (C=O) groups is 1. The number of carbonyl (C=O) groups excluding carboxylic acids is 1. The molecule has 2 rings (SSSR count). The molecule has 1 spiro atoms. The lowest BCUT2D eigenvalue weighted by Gasteiger charge is -2.47. The van der Waals surface area contributed by atoms with Gasteiger partial charge in [0.15, 0.2) is 0 Å². The average molecular weight is 252 g/mol. The fourth-order valence-electron chi connectivity index (χ4n) is 3.52. The van der Waals surface area contributed by atoms with Crippen molar-refractivity contribution in [1.82, 2.24) is 9.80 Å². The van der Waals surface area contributed by atoms with Gasteiger partial charge in [-0.2, -0.15) is 0 Å². The molecule has 0 aromatic carbocycles. The third kappa shape index (κ3) is 3.05. The highest BCUT2D eigenvalue weighted by atomic mass is 16.2. The number of amides is 1. The fraction of sp³-hybridized carbons (Fsp3) is 0.933. The van der Waals surface area contributed by atoms with E-state index in [1.165, 1.54) is 51.7 Å². The van der Waals surface area contributed by atoms with Crippen LogP contribution >= 0.6 is 0 Å². The molecule has 2 heterocycles. The van der Waals surface area contributed by atoms with E-state index in [1.807, 2.05) is 6.92 Å². The van der Waals surface area contributed by atoms with Crippen molar-refractivity contribution in [1.29, 1.82) is 0 Å². The van der Waals surface area contributed by atoms with E-state index in [1.54, 1.807) is 0 Å². The number of rotatable bonds is 3. The minimum Gasteiger partial charge on any atom is -0.343 e. The molecule has 2 fully saturated rings. The molecule has 104 valence electrons. The Morgan fingerprint density at radius 1 is 1.00 bits per heavy atom. The van der Waals surface area contributed by atoms with Gasteiger partial charge >= 0.3 is 0 Å². The molecule has 18 heavy (non-hydrogen) atoms. The molecule has 0 atom stereocenters. The highest BCUT2D eigenvalue weighted by Gasteiger charge is 2.37. The Bertz CT molecular complexity index is 272. The first kappa shape index (κ1) is 13.9. The van der Waals surface area contributed by atoms with E-state index in [9.17, 15) is 4.79 Å². The molecule has 0 bridgehead atoms. The van der Waals surface area contributed by atoms with E-state index in [0.717, 1.165) is 13.1 Å². The molecule has 2 aliphatic heterocycles. The SMILES string of the molecule is CCCN1CCC2(CC1)CCN(C(=O)CC)CC2. The van der Waals surface area contributed by atoms with Gasteiger partial charge in [-0.1, -0.05) is 13.8 Å². The van der Waals surface area contributed by atoms with Crippen molar-refractivity contribution in [2.75, 3.05) is 32.7 Å². The lowest BCUT2D eigenvalue weighted by molar-refractivity contribution is -0.133.